The van der Waals surface area contributed by atoms with Gasteiger partial charge in [-0.25, -0.2) is 0 Å². The molecule has 17 heavy (non-hydrogen) atoms. The van der Waals surface area contributed by atoms with Gasteiger partial charge in [-0.1, -0.05) is 6.07 Å². The summed E-state index contributed by atoms with van der Waals surface area (Å²) in [5, 5.41) is 5.39. The Morgan fingerprint density at radius 3 is 2.88 bits per heavy atom. The van der Waals surface area contributed by atoms with E-state index < -0.39 is 0 Å². The maximum Gasteiger partial charge on any atom is 0.0902 e. The average Bonchev–Trinajstić information content (AvgIpc) is 2.77. The third kappa shape index (κ3) is 4.07. The average molecular weight is 254 g/mol. The molecule has 4 heteroatoms. The van der Waals surface area contributed by atoms with Crippen LogP contribution in [0.1, 0.15) is 11.8 Å². The van der Waals surface area contributed by atoms with Crippen molar-refractivity contribution in [2.24, 2.45) is 0 Å². The van der Waals surface area contributed by atoms with E-state index in [4.69, 9.17) is 4.74 Å². The van der Waals surface area contributed by atoms with E-state index in [1.54, 1.807) is 0 Å². The van der Waals surface area contributed by atoms with E-state index in [0.29, 0.717) is 0 Å². The number of hydrogen-bond donors (Lipinski definition) is 1. The predicted octanol–water partition coefficient (Wildman–Crippen LogP) is 1.60. The zero-order valence-corrected chi connectivity index (χ0v) is 11.6. The molecule has 3 nitrogen and oxygen atoms in total. The van der Waals surface area contributed by atoms with Crippen LogP contribution in [-0.4, -0.2) is 50.3 Å². The Labute approximate surface area is 108 Å². The smallest absolute Gasteiger partial charge is 0.0902 e. The fourth-order valence-corrected chi connectivity index (χ4v) is 2.59. The van der Waals surface area contributed by atoms with Gasteiger partial charge in [0, 0.05) is 31.1 Å². The topological polar surface area (TPSA) is 24.5 Å². The first-order valence-electron chi connectivity index (χ1n) is 6.24. The number of ether oxygens (including phenoxy) is 1. The molecule has 1 aliphatic rings. The molecule has 0 bridgehead atoms. The molecule has 1 aromatic heterocycles. The first kappa shape index (κ1) is 13.0. The zero-order chi connectivity index (χ0) is 12.1. The van der Waals surface area contributed by atoms with Gasteiger partial charge in [-0.2, -0.15) is 0 Å². The van der Waals surface area contributed by atoms with Crippen LogP contribution in [0.4, 0.5) is 0 Å². The molecular formula is C13H22N2OS. The van der Waals surface area contributed by atoms with Crippen LogP contribution in [0, 0.1) is 0 Å². The molecule has 1 aromatic rings. The van der Waals surface area contributed by atoms with Gasteiger partial charge in [-0.3, -0.25) is 0 Å². The van der Waals surface area contributed by atoms with Crippen molar-refractivity contribution < 1.29 is 4.74 Å². The molecule has 0 unspecified atom stereocenters. The monoisotopic (exact) mass is 254 g/mol. The Hall–Kier alpha value is -0.420. The summed E-state index contributed by atoms with van der Waals surface area (Å²) in [5.74, 6) is 0. The van der Waals surface area contributed by atoms with E-state index in [1.165, 1.54) is 4.88 Å². The Kier molecular flexibility index (Phi) is 4.56. The molecule has 0 aliphatic carbocycles. The van der Waals surface area contributed by atoms with E-state index in [2.05, 4.69) is 41.7 Å². The molecule has 1 fully saturated rings. The molecule has 0 spiro atoms. The van der Waals surface area contributed by atoms with Crippen molar-refractivity contribution in [3.05, 3.63) is 22.4 Å². The second-order valence-electron chi connectivity index (χ2n) is 5.03. The Balaban J connectivity index is 1.56. The van der Waals surface area contributed by atoms with E-state index >= 15 is 0 Å². The minimum atomic E-state index is 0.0919. The van der Waals surface area contributed by atoms with Crippen LogP contribution in [0.15, 0.2) is 17.5 Å². The Morgan fingerprint density at radius 2 is 2.29 bits per heavy atom. The number of likely N-dealkylation sites (N-methyl/N-ethyl adjacent to an activating group) is 1. The van der Waals surface area contributed by atoms with Gasteiger partial charge in [0.05, 0.1) is 12.2 Å². The minimum Gasteiger partial charge on any atom is -0.371 e. The summed E-state index contributed by atoms with van der Waals surface area (Å²) in [6, 6.07) is 4.32. The summed E-state index contributed by atoms with van der Waals surface area (Å²) in [4.78, 5) is 3.81. The van der Waals surface area contributed by atoms with Gasteiger partial charge < -0.3 is 15.0 Å². The molecule has 0 saturated carbocycles. The van der Waals surface area contributed by atoms with Crippen molar-refractivity contribution in [2.45, 2.75) is 18.9 Å². The minimum absolute atomic E-state index is 0.0919. The number of nitrogens with one attached hydrogen (secondary N) is 1. The quantitative estimate of drug-likeness (QED) is 0.800. The number of rotatable bonds is 7. The molecule has 1 aliphatic heterocycles. The lowest BCUT2D eigenvalue weighted by molar-refractivity contribution is -0.0708. The van der Waals surface area contributed by atoms with Crippen LogP contribution in [-0.2, 0) is 11.2 Å². The maximum atomic E-state index is 5.87. The molecular weight excluding hydrogens is 232 g/mol. The Bertz CT molecular complexity index is 322. The van der Waals surface area contributed by atoms with Crippen molar-refractivity contribution in [3.63, 3.8) is 0 Å². The van der Waals surface area contributed by atoms with Crippen molar-refractivity contribution in [1.82, 2.24) is 10.2 Å². The lowest BCUT2D eigenvalue weighted by Crippen LogP contribution is -2.59. The molecule has 0 amide bonds. The lowest BCUT2D eigenvalue weighted by Gasteiger charge is -2.39. The SMILES string of the molecule is CN(CCOC1(C)CNC1)CCc1cccs1. The second-order valence-corrected chi connectivity index (χ2v) is 6.07. The molecule has 96 valence electrons. The summed E-state index contributed by atoms with van der Waals surface area (Å²) in [7, 11) is 2.17. The molecule has 0 aromatic carbocycles. The second kappa shape index (κ2) is 5.96. The fraction of sp³-hybridized carbons (Fsp3) is 0.692. The maximum absolute atomic E-state index is 5.87. The van der Waals surface area contributed by atoms with Crippen molar-refractivity contribution in [1.29, 1.82) is 0 Å². The Morgan fingerprint density at radius 1 is 1.47 bits per heavy atom. The van der Waals surface area contributed by atoms with Crippen LogP contribution < -0.4 is 5.32 Å². The summed E-state index contributed by atoms with van der Waals surface area (Å²) >= 11 is 1.84. The highest BCUT2D eigenvalue weighted by atomic mass is 32.1. The largest absolute Gasteiger partial charge is 0.371 e. The highest BCUT2D eigenvalue weighted by molar-refractivity contribution is 7.09. The van der Waals surface area contributed by atoms with Gasteiger partial charge in [-0.15, -0.1) is 11.3 Å². The standard InChI is InChI=1S/C13H22N2OS/c1-13(10-14-11-13)16-8-7-15(2)6-5-12-4-3-9-17-12/h3-4,9,14H,5-8,10-11H2,1-2H3. The van der Waals surface area contributed by atoms with Gasteiger partial charge >= 0.3 is 0 Å². The third-order valence-corrected chi connectivity index (χ3v) is 4.18. The van der Waals surface area contributed by atoms with Crippen LogP contribution in [0.3, 0.4) is 0 Å². The van der Waals surface area contributed by atoms with E-state index in [1.807, 2.05) is 11.3 Å². The lowest BCUT2D eigenvalue weighted by atomic mass is 10.0. The fourth-order valence-electron chi connectivity index (χ4n) is 1.89. The van der Waals surface area contributed by atoms with E-state index in [9.17, 15) is 0 Å². The molecule has 1 N–H and O–H groups in total. The molecule has 0 atom stereocenters. The normalized spacial score (nSPS) is 18.3. The highest BCUT2D eigenvalue weighted by Crippen LogP contribution is 2.14. The van der Waals surface area contributed by atoms with Crippen LogP contribution in [0.25, 0.3) is 0 Å². The van der Waals surface area contributed by atoms with Crippen LogP contribution in [0.2, 0.25) is 0 Å². The number of thiophene rings is 1. The number of nitrogens with zero attached hydrogens (tertiary/aromatic N) is 1. The van der Waals surface area contributed by atoms with Gasteiger partial charge in [0.2, 0.25) is 0 Å². The molecule has 0 radical (unpaired) electrons. The molecule has 2 rings (SSSR count). The molecule has 1 saturated heterocycles. The summed E-state index contributed by atoms with van der Waals surface area (Å²) in [6.07, 6.45) is 1.15. The highest BCUT2D eigenvalue weighted by Gasteiger charge is 2.32. The van der Waals surface area contributed by atoms with Crippen LogP contribution >= 0.6 is 11.3 Å². The van der Waals surface area contributed by atoms with E-state index in [-0.39, 0.29) is 5.60 Å². The van der Waals surface area contributed by atoms with Crippen molar-refractivity contribution >= 4 is 11.3 Å². The van der Waals surface area contributed by atoms with Gasteiger partial charge in [-0.05, 0) is 31.8 Å². The third-order valence-electron chi connectivity index (χ3n) is 3.24. The van der Waals surface area contributed by atoms with Gasteiger partial charge in [0.25, 0.3) is 0 Å². The van der Waals surface area contributed by atoms with Crippen molar-refractivity contribution in [3.8, 4) is 0 Å². The van der Waals surface area contributed by atoms with Crippen molar-refractivity contribution in [2.75, 3.05) is 39.8 Å². The summed E-state index contributed by atoms with van der Waals surface area (Å²) in [5.41, 5.74) is 0.0919. The van der Waals surface area contributed by atoms with E-state index in [0.717, 1.165) is 39.2 Å². The number of hydrogen-bond acceptors (Lipinski definition) is 4. The summed E-state index contributed by atoms with van der Waals surface area (Å²) < 4.78 is 5.87. The van der Waals surface area contributed by atoms with Crippen LogP contribution in [0.5, 0.6) is 0 Å². The molecule has 2 heterocycles. The first-order valence-corrected chi connectivity index (χ1v) is 7.12. The summed E-state index contributed by atoms with van der Waals surface area (Å²) in [6.45, 7) is 7.12. The predicted molar refractivity (Wildman–Crippen MR) is 72.7 cm³/mol. The zero-order valence-electron chi connectivity index (χ0n) is 10.7. The van der Waals surface area contributed by atoms with Gasteiger partial charge in [0.1, 0.15) is 0 Å². The van der Waals surface area contributed by atoms with Gasteiger partial charge in [0.15, 0.2) is 0 Å². The first-order chi connectivity index (χ1) is 8.18.